The first-order chi connectivity index (χ1) is 7.05. The number of carbonyl (C=O) groups is 1. The Kier molecular flexibility index (Phi) is 4.71. The largest absolute Gasteiger partial charge is 0.454 e. The summed E-state index contributed by atoms with van der Waals surface area (Å²) < 4.78 is 35.2. The summed E-state index contributed by atoms with van der Waals surface area (Å²) in [6.45, 7) is 7.30. The van der Waals surface area contributed by atoms with E-state index in [1.54, 1.807) is 6.92 Å². The zero-order chi connectivity index (χ0) is 13.0. The summed E-state index contributed by atoms with van der Waals surface area (Å²) in [4.78, 5) is 14.8. The molecule has 0 atom stereocenters. The number of hydrogen-bond acceptors (Lipinski definition) is 3. The van der Waals surface area contributed by atoms with Gasteiger partial charge in [0.05, 0.1) is 5.71 Å². The minimum absolute atomic E-state index is 0.234. The Balaban J connectivity index is 4.29. The number of rotatable bonds is 3. The maximum absolute atomic E-state index is 11.7. The molecular formula is C10H14F3NO2. The van der Waals surface area contributed by atoms with Crippen molar-refractivity contribution in [3.8, 4) is 0 Å². The predicted molar refractivity (Wildman–Crippen MR) is 53.9 cm³/mol. The molecule has 6 heteroatoms. The number of allylic oxidation sites excluding steroid dienone is 1. The molecule has 0 spiro atoms. The van der Waals surface area contributed by atoms with Gasteiger partial charge in [0.1, 0.15) is 6.26 Å². The molecule has 0 aromatic carbocycles. The molecule has 0 radical (unpaired) electrons. The van der Waals surface area contributed by atoms with Gasteiger partial charge in [-0.1, -0.05) is 25.9 Å². The van der Waals surface area contributed by atoms with Crippen LogP contribution in [0.2, 0.25) is 0 Å². The predicted octanol–water partition coefficient (Wildman–Crippen LogP) is 3.07. The highest BCUT2D eigenvalue weighted by molar-refractivity contribution is 5.94. The Labute approximate surface area is 92.0 Å². The van der Waals surface area contributed by atoms with Crippen LogP contribution in [-0.4, -0.2) is 17.7 Å². The molecule has 3 nitrogen and oxygen atoms in total. The summed E-state index contributed by atoms with van der Waals surface area (Å²) in [6.07, 6.45) is -3.97. The number of alkyl halides is 3. The summed E-state index contributed by atoms with van der Waals surface area (Å²) in [6, 6.07) is 0. The molecule has 92 valence electrons. The minimum atomic E-state index is -4.87. The van der Waals surface area contributed by atoms with E-state index in [2.05, 4.69) is 9.99 Å². The second-order valence-electron chi connectivity index (χ2n) is 4.20. The smallest absolute Gasteiger partial charge is 0.365 e. The van der Waals surface area contributed by atoms with Crippen molar-refractivity contribution in [2.45, 2.75) is 33.9 Å². The van der Waals surface area contributed by atoms with Crippen molar-refractivity contribution in [2.75, 3.05) is 0 Å². The van der Waals surface area contributed by atoms with Crippen molar-refractivity contribution in [2.24, 2.45) is 10.6 Å². The number of nitrogens with zero attached hydrogens (tertiary/aromatic N) is 1. The third-order valence-corrected chi connectivity index (χ3v) is 1.83. The van der Waals surface area contributed by atoms with E-state index in [-0.39, 0.29) is 5.41 Å². The molecule has 0 aliphatic rings. The van der Waals surface area contributed by atoms with Gasteiger partial charge in [-0.15, -0.1) is 0 Å². The van der Waals surface area contributed by atoms with Gasteiger partial charge in [-0.25, -0.2) is 0 Å². The normalized spacial score (nSPS) is 14.3. The van der Waals surface area contributed by atoms with Crippen LogP contribution >= 0.6 is 0 Å². The van der Waals surface area contributed by atoms with E-state index in [1.165, 1.54) is 0 Å². The Bertz CT molecular complexity index is 311. The molecule has 0 amide bonds. The van der Waals surface area contributed by atoms with Crippen LogP contribution in [0.1, 0.15) is 27.7 Å². The van der Waals surface area contributed by atoms with Gasteiger partial charge in [0.25, 0.3) is 5.78 Å². The molecule has 0 rings (SSSR count). The SMILES string of the molecule is C/C(=N\O/C=C/C(=O)C(F)(F)F)C(C)(C)C. The fourth-order valence-corrected chi connectivity index (χ4v) is 0.433. The van der Waals surface area contributed by atoms with Gasteiger partial charge in [0.15, 0.2) is 0 Å². The average Bonchev–Trinajstić information content (AvgIpc) is 2.08. The van der Waals surface area contributed by atoms with E-state index >= 15 is 0 Å². The maximum Gasteiger partial charge on any atom is 0.454 e. The average molecular weight is 237 g/mol. The lowest BCUT2D eigenvalue weighted by Gasteiger charge is -2.16. The van der Waals surface area contributed by atoms with Crippen LogP contribution in [0.25, 0.3) is 0 Å². The molecule has 0 aliphatic heterocycles. The highest BCUT2D eigenvalue weighted by Gasteiger charge is 2.36. The number of hydrogen-bond donors (Lipinski definition) is 0. The standard InChI is InChI=1S/C10H14F3NO2/c1-7(9(2,3)4)14-16-6-5-8(15)10(11,12)13/h5-6H,1-4H3/b6-5+,14-7+. The first-order valence-electron chi connectivity index (χ1n) is 4.53. The summed E-state index contributed by atoms with van der Waals surface area (Å²) in [5.41, 5.74) is 0.374. The van der Waals surface area contributed by atoms with Gasteiger partial charge in [0.2, 0.25) is 0 Å². The van der Waals surface area contributed by atoms with Crippen LogP contribution in [0, 0.1) is 5.41 Å². The quantitative estimate of drug-likeness (QED) is 0.327. The summed E-state index contributed by atoms with van der Waals surface area (Å²) in [7, 11) is 0. The van der Waals surface area contributed by atoms with Crippen molar-refractivity contribution in [3.63, 3.8) is 0 Å². The third-order valence-electron chi connectivity index (χ3n) is 1.83. The third kappa shape index (κ3) is 5.53. The van der Waals surface area contributed by atoms with E-state index in [0.717, 1.165) is 0 Å². The van der Waals surface area contributed by atoms with E-state index in [1.807, 2.05) is 20.8 Å². The molecule has 0 aliphatic carbocycles. The van der Waals surface area contributed by atoms with Crippen LogP contribution in [0.15, 0.2) is 17.5 Å². The molecule has 0 N–H and O–H groups in total. The lowest BCUT2D eigenvalue weighted by molar-refractivity contribution is -0.165. The number of halogens is 3. The number of oxime groups is 1. The molecule has 0 saturated carbocycles. The molecule has 0 fully saturated rings. The Morgan fingerprint density at radius 3 is 2.12 bits per heavy atom. The molecule has 0 bridgehead atoms. The maximum atomic E-state index is 11.7. The molecule has 16 heavy (non-hydrogen) atoms. The van der Waals surface area contributed by atoms with Crippen molar-refractivity contribution >= 4 is 11.5 Å². The molecule has 0 heterocycles. The summed E-state index contributed by atoms with van der Waals surface area (Å²) >= 11 is 0. The van der Waals surface area contributed by atoms with Crippen molar-refractivity contribution in [1.82, 2.24) is 0 Å². The monoisotopic (exact) mass is 237 g/mol. The van der Waals surface area contributed by atoms with E-state index in [9.17, 15) is 18.0 Å². The Morgan fingerprint density at radius 1 is 1.25 bits per heavy atom. The topological polar surface area (TPSA) is 38.7 Å². The van der Waals surface area contributed by atoms with Crippen LogP contribution in [0.4, 0.5) is 13.2 Å². The fourth-order valence-electron chi connectivity index (χ4n) is 0.433. The second kappa shape index (κ2) is 5.14. The first kappa shape index (κ1) is 14.7. The fraction of sp³-hybridized carbons (Fsp3) is 0.600. The summed E-state index contributed by atoms with van der Waals surface area (Å²) in [5, 5.41) is 3.56. The zero-order valence-corrected chi connectivity index (χ0v) is 9.55. The number of ketones is 1. The van der Waals surface area contributed by atoms with Gasteiger partial charge >= 0.3 is 6.18 Å². The molecule has 0 unspecified atom stereocenters. The lowest BCUT2D eigenvalue weighted by Crippen LogP contribution is -2.20. The van der Waals surface area contributed by atoms with Gasteiger partial charge in [-0.05, 0) is 6.92 Å². The molecule has 0 aromatic rings. The Morgan fingerprint density at radius 2 is 1.75 bits per heavy atom. The minimum Gasteiger partial charge on any atom is -0.365 e. The van der Waals surface area contributed by atoms with Crippen LogP contribution < -0.4 is 0 Å². The molecular weight excluding hydrogens is 223 g/mol. The zero-order valence-electron chi connectivity index (χ0n) is 9.55. The van der Waals surface area contributed by atoms with E-state index in [0.29, 0.717) is 18.0 Å². The van der Waals surface area contributed by atoms with Crippen molar-refractivity contribution in [1.29, 1.82) is 0 Å². The van der Waals surface area contributed by atoms with Gasteiger partial charge in [0, 0.05) is 11.5 Å². The Hall–Kier alpha value is -1.33. The van der Waals surface area contributed by atoms with Crippen LogP contribution in [-0.2, 0) is 9.63 Å². The number of carbonyl (C=O) groups excluding carboxylic acids is 1. The highest BCUT2D eigenvalue weighted by atomic mass is 19.4. The van der Waals surface area contributed by atoms with E-state index in [4.69, 9.17) is 0 Å². The van der Waals surface area contributed by atoms with Gasteiger partial charge in [-0.2, -0.15) is 13.2 Å². The lowest BCUT2D eigenvalue weighted by atomic mass is 9.91. The second-order valence-corrected chi connectivity index (χ2v) is 4.20. The molecule has 0 saturated heterocycles. The first-order valence-corrected chi connectivity index (χ1v) is 4.53. The van der Waals surface area contributed by atoms with Crippen molar-refractivity contribution < 1.29 is 22.8 Å². The molecule has 0 aromatic heterocycles. The highest BCUT2D eigenvalue weighted by Crippen LogP contribution is 2.17. The van der Waals surface area contributed by atoms with Crippen LogP contribution in [0.5, 0.6) is 0 Å². The van der Waals surface area contributed by atoms with Crippen molar-refractivity contribution in [3.05, 3.63) is 12.3 Å². The summed E-state index contributed by atoms with van der Waals surface area (Å²) in [5.74, 6) is -1.98. The van der Waals surface area contributed by atoms with Crippen LogP contribution in [0.3, 0.4) is 0 Å². The van der Waals surface area contributed by atoms with E-state index < -0.39 is 12.0 Å². The van der Waals surface area contributed by atoms with Gasteiger partial charge in [-0.3, -0.25) is 4.79 Å². The van der Waals surface area contributed by atoms with Gasteiger partial charge < -0.3 is 4.84 Å².